The predicted molar refractivity (Wildman–Crippen MR) is 75.3 cm³/mol. The van der Waals surface area contributed by atoms with E-state index in [0.717, 1.165) is 17.2 Å². The number of carbonyl (C=O) groups excluding carboxylic acids is 1. The van der Waals surface area contributed by atoms with Crippen LogP contribution in [0.25, 0.3) is 16.6 Å². The van der Waals surface area contributed by atoms with Crippen LogP contribution in [0, 0.1) is 10.1 Å². The SMILES string of the molecule is O=Cc1cn(-c2cccc([N+](=O)[O-])c2)c2ccccc12. The highest BCUT2D eigenvalue weighted by Crippen LogP contribution is 2.25. The Morgan fingerprint density at radius 3 is 2.65 bits per heavy atom. The number of nitro benzene ring substituents is 1. The lowest BCUT2D eigenvalue weighted by Gasteiger charge is -2.04. The number of carbonyl (C=O) groups is 1. The van der Waals surface area contributed by atoms with Crippen molar-refractivity contribution in [2.24, 2.45) is 0 Å². The summed E-state index contributed by atoms with van der Waals surface area (Å²) in [6, 6.07) is 13.8. The first-order valence-corrected chi connectivity index (χ1v) is 6.01. The van der Waals surface area contributed by atoms with Crippen molar-refractivity contribution in [2.75, 3.05) is 0 Å². The van der Waals surface area contributed by atoms with Crippen molar-refractivity contribution < 1.29 is 9.72 Å². The maximum Gasteiger partial charge on any atom is 0.271 e. The molecule has 0 N–H and O–H groups in total. The van der Waals surface area contributed by atoms with E-state index in [0.29, 0.717) is 11.3 Å². The molecule has 1 heterocycles. The van der Waals surface area contributed by atoms with Gasteiger partial charge >= 0.3 is 0 Å². The maximum absolute atomic E-state index is 11.1. The van der Waals surface area contributed by atoms with Crippen molar-refractivity contribution in [2.45, 2.75) is 0 Å². The van der Waals surface area contributed by atoms with Crippen molar-refractivity contribution in [1.29, 1.82) is 0 Å². The van der Waals surface area contributed by atoms with Crippen LogP contribution in [0.5, 0.6) is 0 Å². The van der Waals surface area contributed by atoms with E-state index in [4.69, 9.17) is 0 Å². The minimum absolute atomic E-state index is 0.0212. The number of nitrogens with zero attached hydrogens (tertiary/aromatic N) is 2. The first-order chi connectivity index (χ1) is 9.70. The Morgan fingerprint density at radius 1 is 1.10 bits per heavy atom. The average Bonchev–Trinajstić information content (AvgIpc) is 2.86. The van der Waals surface area contributed by atoms with Gasteiger partial charge in [-0.05, 0) is 12.1 Å². The lowest BCUT2D eigenvalue weighted by Crippen LogP contribution is -1.94. The number of hydrogen-bond acceptors (Lipinski definition) is 3. The standard InChI is InChI=1S/C15H10N2O3/c18-10-11-9-16(15-7-2-1-6-14(11)15)12-4-3-5-13(8-12)17(19)20/h1-10H. The zero-order chi connectivity index (χ0) is 14.1. The Hall–Kier alpha value is -2.95. The third-order valence-corrected chi connectivity index (χ3v) is 3.19. The number of fused-ring (bicyclic) bond motifs is 1. The molecule has 0 aliphatic heterocycles. The molecule has 0 aliphatic carbocycles. The predicted octanol–water partition coefficient (Wildman–Crippen LogP) is 3.35. The number of non-ortho nitro benzene ring substituents is 1. The second-order valence-corrected chi connectivity index (χ2v) is 4.37. The summed E-state index contributed by atoms with van der Waals surface area (Å²) in [4.78, 5) is 21.5. The summed E-state index contributed by atoms with van der Waals surface area (Å²) in [5, 5.41) is 11.7. The summed E-state index contributed by atoms with van der Waals surface area (Å²) in [5.74, 6) is 0. The Morgan fingerprint density at radius 2 is 1.90 bits per heavy atom. The van der Waals surface area contributed by atoms with Crippen LogP contribution in [0.4, 0.5) is 5.69 Å². The van der Waals surface area contributed by atoms with Gasteiger partial charge in [0.25, 0.3) is 5.69 Å². The van der Waals surface area contributed by atoms with E-state index >= 15 is 0 Å². The van der Waals surface area contributed by atoms with Crippen LogP contribution in [0.1, 0.15) is 10.4 Å². The minimum atomic E-state index is -0.435. The van der Waals surface area contributed by atoms with Gasteiger partial charge in [0.05, 0.1) is 16.1 Å². The topological polar surface area (TPSA) is 65.1 Å². The highest BCUT2D eigenvalue weighted by Gasteiger charge is 2.11. The number of para-hydroxylation sites is 1. The Bertz CT molecular complexity index is 821. The van der Waals surface area contributed by atoms with E-state index < -0.39 is 4.92 Å². The van der Waals surface area contributed by atoms with Gasteiger partial charge in [0.15, 0.2) is 6.29 Å². The van der Waals surface area contributed by atoms with E-state index in [1.807, 2.05) is 24.3 Å². The van der Waals surface area contributed by atoms with Gasteiger partial charge in [0, 0.05) is 29.3 Å². The van der Waals surface area contributed by atoms with Crippen LogP contribution < -0.4 is 0 Å². The molecule has 0 atom stereocenters. The smallest absolute Gasteiger partial charge is 0.271 e. The fourth-order valence-electron chi connectivity index (χ4n) is 2.27. The molecular formula is C15H10N2O3. The van der Waals surface area contributed by atoms with Gasteiger partial charge in [-0.1, -0.05) is 24.3 Å². The third-order valence-electron chi connectivity index (χ3n) is 3.19. The summed E-state index contributed by atoms with van der Waals surface area (Å²) < 4.78 is 1.78. The molecule has 98 valence electrons. The average molecular weight is 266 g/mol. The molecule has 5 nitrogen and oxygen atoms in total. The summed E-state index contributed by atoms with van der Waals surface area (Å²) in [7, 11) is 0. The van der Waals surface area contributed by atoms with Crippen molar-refractivity contribution in [3.05, 3.63) is 70.4 Å². The van der Waals surface area contributed by atoms with Gasteiger partial charge in [-0.3, -0.25) is 14.9 Å². The van der Waals surface area contributed by atoms with E-state index in [9.17, 15) is 14.9 Å². The molecule has 0 aliphatic rings. The first kappa shape index (κ1) is 12.1. The fourth-order valence-corrected chi connectivity index (χ4v) is 2.27. The van der Waals surface area contributed by atoms with Gasteiger partial charge in [-0.25, -0.2) is 0 Å². The van der Waals surface area contributed by atoms with Crippen LogP contribution in [0.15, 0.2) is 54.7 Å². The van der Waals surface area contributed by atoms with Crippen molar-refractivity contribution >= 4 is 22.9 Å². The van der Waals surface area contributed by atoms with Crippen molar-refractivity contribution in [3.8, 4) is 5.69 Å². The number of benzene rings is 2. The minimum Gasteiger partial charge on any atom is -0.316 e. The molecule has 5 heteroatoms. The van der Waals surface area contributed by atoms with E-state index in [1.54, 1.807) is 22.9 Å². The number of hydrogen-bond donors (Lipinski definition) is 0. The van der Waals surface area contributed by atoms with Crippen LogP contribution in [-0.2, 0) is 0 Å². The lowest BCUT2D eigenvalue weighted by molar-refractivity contribution is -0.384. The molecule has 0 bridgehead atoms. The molecule has 2 aromatic carbocycles. The van der Waals surface area contributed by atoms with Gasteiger partial charge < -0.3 is 4.57 Å². The third kappa shape index (κ3) is 1.85. The molecule has 20 heavy (non-hydrogen) atoms. The Balaban J connectivity index is 2.27. The molecule has 0 unspecified atom stereocenters. The molecule has 0 spiro atoms. The summed E-state index contributed by atoms with van der Waals surface area (Å²) in [6.07, 6.45) is 2.48. The molecular weight excluding hydrogens is 256 g/mol. The zero-order valence-corrected chi connectivity index (χ0v) is 10.4. The monoisotopic (exact) mass is 266 g/mol. The molecule has 0 amide bonds. The Kier molecular flexibility index (Phi) is 2.80. The second kappa shape index (κ2) is 4.62. The number of aldehydes is 1. The lowest BCUT2D eigenvalue weighted by atomic mass is 10.2. The number of rotatable bonds is 3. The quantitative estimate of drug-likeness (QED) is 0.415. The molecule has 3 rings (SSSR count). The van der Waals surface area contributed by atoms with Gasteiger partial charge in [0.1, 0.15) is 0 Å². The second-order valence-electron chi connectivity index (χ2n) is 4.37. The highest BCUT2D eigenvalue weighted by atomic mass is 16.6. The van der Waals surface area contributed by atoms with Gasteiger partial charge in [-0.2, -0.15) is 0 Å². The molecule has 0 fully saturated rings. The van der Waals surface area contributed by atoms with Gasteiger partial charge in [-0.15, -0.1) is 0 Å². The van der Waals surface area contributed by atoms with Crippen molar-refractivity contribution in [1.82, 2.24) is 4.57 Å². The largest absolute Gasteiger partial charge is 0.316 e. The van der Waals surface area contributed by atoms with Crippen molar-refractivity contribution in [3.63, 3.8) is 0 Å². The zero-order valence-electron chi connectivity index (χ0n) is 10.4. The molecule has 0 saturated heterocycles. The van der Waals surface area contributed by atoms with Crippen LogP contribution in [0.2, 0.25) is 0 Å². The van der Waals surface area contributed by atoms with Crippen LogP contribution >= 0.6 is 0 Å². The molecule has 0 saturated carbocycles. The molecule has 0 radical (unpaired) electrons. The first-order valence-electron chi connectivity index (χ1n) is 6.01. The number of aromatic nitrogens is 1. The van der Waals surface area contributed by atoms with E-state index in [1.165, 1.54) is 12.1 Å². The van der Waals surface area contributed by atoms with E-state index in [-0.39, 0.29) is 5.69 Å². The summed E-state index contributed by atoms with van der Waals surface area (Å²) in [5.41, 5.74) is 2.08. The fraction of sp³-hybridized carbons (Fsp3) is 0. The van der Waals surface area contributed by atoms with Crippen LogP contribution in [-0.4, -0.2) is 15.8 Å². The molecule has 3 aromatic rings. The summed E-state index contributed by atoms with van der Waals surface area (Å²) >= 11 is 0. The van der Waals surface area contributed by atoms with Gasteiger partial charge in [0.2, 0.25) is 0 Å². The highest BCUT2D eigenvalue weighted by molar-refractivity contribution is 5.98. The number of nitro groups is 1. The maximum atomic E-state index is 11.1. The molecule has 1 aromatic heterocycles. The normalized spacial score (nSPS) is 10.6. The Labute approximate surface area is 114 Å². The summed E-state index contributed by atoms with van der Waals surface area (Å²) in [6.45, 7) is 0. The van der Waals surface area contributed by atoms with E-state index in [2.05, 4.69) is 0 Å². The van der Waals surface area contributed by atoms with Crippen LogP contribution in [0.3, 0.4) is 0 Å².